The van der Waals surface area contributed by atoms with Gasteiger partial charge in [-0.1, -0.05) is 36.4 Å². The summed E-state index contributed by atoms with van der Waals surface area (Å²) in [6.45, 7) is 0.243. The second-order valence-corrected chi connectivity index (χ2v) is 9.10. The lowest BCUT2D eigenvalue weighted by Crippen LogP contribution is -2.43. The van der Waals surface area contributed by atoms with E-state index in [1.54, 1.807) is 41.3 Å². The van der Waals surface area contributed by atoms with Gasteiger partial charge in [-0.2, -0.15) is 0 Å². The maximum absolute atomic E-state index is 13.4. The number of nitrogens with two attached hydrogens (primary N) is 2. The van der Waals surface area contributed by atoms with E-state index in [0.29, 0.717) is 30.2 Å². The Hall–Kier alpha value is -3.91. The van der Waals surface area contributed by atoms with Gasteiger partial charge in [0, 0.05) is 22.8 Å². The number of primary amides is 1. The number of nitrogen functional groups attached to an aromatic ring is 1. The highest BCUT2D eigenvalue weighted by Crippen LogP contribution is 2.35. The third-order valence-electron chi connectivity index (χ3n) is 6.22. The Morgan fingerprint density at radius 2 is 1.91 bits per heavy atom. The van der Waals surface area contributed by atoms with Crippen LogP contribution in [0.1, 0.15) is 29.3 Å². The van der Waals surface area contributed by atoms with Gasteiger partial charge in [0.15, 0.2) is 12.4 Å². The third-order valence-corrected chi connectivity index (χ3v) is 6.52. The number of H-pyrrole nitrogens is 1. The fourth-order valence-corrected chi connectivity index (χ4v) is 4.83. The number of nitrogens with one attached hydrogen (secondary N) is 1. The molecule has 35 heavy (non-hydrogen) atoms. The molecule has 2 heterocycles. The minimum atomic E-state index is -0.554. The van der Waals surface area contributed by atoms with Gasteiger partial charge in [0.2, 0.25) is 0 Å². The Labute approximate surface area is 206 Å². The maximum Gasteiger partial charge on any atom is 0.416 e. The van der Waals surface area contributed by atoms with Crippen molar-refractivity contribution in [1.29, 1.82) is 0 Å². The monoisotopic (exact) mass is 492 g/mol. The molecule has 0 saturated carbocycles. The molecule has 1 aliphatic heterocycles. The van der Waals surface area contributed by atoms with E-state index in [0.717, 1.165) is 33.8 Å². The molecule has 5 N–H and O–H groups in total. The van der Waals surface area contributed by atoms with Gasteiger partial charge in [-0.25, -0.2) is 4.79 Å². The zero-order valence-corrected chi connectivity index (χ0v) is 19.6. The van der Waals surface area contributed by atoms with E-state index in [9.17, 15) is 9.59 Å². The van der Waals surface area contributed by atoms with Crippen LogP contribution in [0.3, 0.4) is 0 Å². The standard InChI is InChI=1S/C26H25ClN4O4/c27-16-7-10-21-19(13-16)18-11-12-31(26(33)35-22-4-2-1-3-20(22)28)25(24(18)30-21)15-5-8-17(9-6-15)34-14-23(29)32/h1-6,8-10,13,16,25,30H,7,11-12,14,28H2,(H2,29,32). The molecule has 2 amide bonds. The second-order valence-electron chi connectivity index (χ2n) is 8.54. The van der Waals surface area contributed by atoms with Crippen LogP contribution in [0.5, 0.6) is 11.5 Å². The lowest BCUT2D eigenvalue weighted by Gasteiger charge is -2.35. The first-order chi connectivity index (χ1) is 16.9. The van der Waals surface area contributed by atoms with Gasteiger partial charge in [-0.15, -0.1) is 11.6 Å². The molecule has 0 fully saturated rings. The summed E-state index contributed by atoms with van der Waals surface area (Å²) in [5.41, 5.74) is 14.5. The highest BCUT2D eigenvalue weighted by molar-refractivity contribution is 6.24. The van der Waals surface area contributed by atoms with Crippen molar-refractivity contribution in [3.63, 3.8) is 0 Å². The number of aromatic nitrogens is 1. The van der Waals surface area contributed by atoms with Crippen LogP contribution in [-0.2, 0) is 11.2 Å². The fraction of sp³-hybridized carbons (Fsp3) is 0.231. The number of fused-ring (bicyclic) bond motifs is 3. The summed E-state index contributed by atoms with van der Waals surface area (Å²) in [6, 6.07) is 13.7. The van der Waals surface area contributed by atoms with Gasteiger partial charge in [0.05, 0.1) is 11.1 Å². The molecule has 2 atom stereocenters. The molecule has 1 aliphatic carbocycles. The number of carbonyl (C=O) groups is 2. The molecule has 1 aromatic heterocycles. The number of hydrogen-bond acceptors (Lipinski definition) is 5. The molecule has 180 valence electrons. The van der Waals surface area contributed by atoms with Gasteiger partial charge < -0.3 is 25.9 Å². The van der Waals surface area contributed by atoms with E-state index in [1.165, 1.54) is 0 Å². The Balaban J connectivity index is 1.54. The summed E-state index contributed by atoms with van der Waals surface area (Å²) >= 11 is 6.41. The minimum absolute atomic E-state index is 0.0633. The number of benzene rings is 2. The lowest BCUT2D eigenvalue weighted by molar-refractivity contribution is -0.119. The molecule has 0 radical (unpaired) electrons. The van der Waals surface area contributed by atoms with Crippen LogP contribution in [0, 0.1) is 0 Å². The lowest BCUT2D eigenvalue weighted by atomic mass is 9.92. The van der Waals surface area contributed by atoms with Crippen LogP contribution in [0.25, 0.3) is 12.2 Å². The molecule has 0 bridgehead atoms. The van der Waals surface area contributed by atoms with Crippen LogP contribution >= 0.6 is 11.6 Å². The third kappa shape index (κ3) is 4.57. The van der Waals surface area contributed by atoms with Crippen molar-refractivity contribution in [2.75, 3.05) is 18.9 Å². The van der Waals surface area contributed by atoms with Crippen molar-refractivity contribution in [2.24, 2.45) is 5.73 Å². The highest BCUT2D eigenvalue weighted by atomic mass is 35.5. The summed E-state index contributed by atoms with van der Waals surface area (Å²) in [5.74, 6) is 0.268. The van der Waals surface area contributed by atoms with Crippen LogP contribution < -0.4 is 31.5 Å². The van der Waals surface area contributed by atoms with Crippen molar-refractivity contribution in [3.05, 3.63) is 75.9 Å². The molecule has 0 saturated heterocycles. The van der Waals surface area contributed by atoms with E-state index in [4.69, 9.17) is 32.5 Å². The number of nitrogens with zero attached hydrogens (tertiary/aromatic N) is 1. The number of hydrogen-bond donors (Lipinski definition) is 3. The summed E-state index contributed by atoms with van der Waals surface area (Å²) in [6.07, 6.45) is 5.07. The van der Waals surface area contributed by atoms with Crippen molar-refractivity contribution >= 4 is 41.4 Å². The van der Waals surface area contributed by atoms with Crippen molar-refractivity contribution < 1.29 is 19.1 Å². The molecular formula is C26H25ClN4O4. The summed E-state index contributed by atoms with van der Waals surface area (Å²) in [7, 11) is 0. The largest absolute Gasteiger partial charge is 0.484 e. The molecule has 8 nitrogen and oxygen atoms in total. The van der Waals surface area contributed by atoms with Crippen LogP contribution in [-0.4, -0.2) is 40.4 Å². The number of halogens is 1. The molecular weight excluding hydrogens is 468 g/mol. The van der Waals surface area contributed by atoms with E-state index in [-0.39, 0.29) is 12.0 Å². The molecule has 0 spiro atoms. The van der Waals surface area contributed by atoms with Gasteiger partial charge in [-0.05, 0) is 48.2 Å². The van der Waals surface area contributed by atoms with E-state index in [1.807, 2.05) is 12.1 Å². The number of carbonyl (C=O) groups excluding carboxylic acids is 2. The number of rotatable bonds is 5. The molecule has 2 aromatic carbocycles. The quantitative estimate of drug-likeness (QED) is 0.372. The fourth-order valence-electron chi connectivity index (χ4n) is 4.62. The summed E-state index contributed by atoms with van der Waals surface area (Å²) in [4.78, 5) is 29.6. The number of anilines is 1. The Kier molecular flexibility index (Phi) is 6.13. The Bertz CT molecular complexity index is 1400. The average Bonchev–Trinajstić information content (AvgIpc) is 3.21. The molecule has 9 heteroatoms. The van der Waals surface area contributed by atoms with Crippen molar-refractivity contribution in [1.82, 2.24) is 9.88 Å². The Morgan fingerprint density at radius 3 is 2.66 bits per heavy atom. The zero-order chi connectivity index (χ0) is 24.5. The number of aromatic amines is 1. The molecule has 3 aromatic rings. The first-order valence-electron chi connectivity index (χ1n) is 11.3. The van der Waals surface area contributed by atoms with Gasteiger partial charge >= 0.3 is 6.09 Å². The van der Waals surface area contributed by atoms with Crippen molar-refractivity contribution in [3.8, 4) is 11.5 Å². The van der Waals surface area contributed by atoms with E-state index in [2.05, 4.69) is 17.1 Å². The molecule has 2 unspecified atom stereocenters. The predicted octanol–water partition coefficient (Wildman–Crippen LogP) is 2.18. The zero-order valence-electron chi connectivity index (χ0n) is 18.9. The maximum atomic E-state index is 13.4. The molecule has 2 aliphatic rings. The van der Waals surface area contributed by atoms with Gasteiger partial charge in [0.25, 0.3) is 5.91 Å². The van der Waals surface area contributed by atoms with Crippen LogP contribution in [0.15, 0.2) is 48.5 Å². The summed E-state index contributed by atoms with van der Waals surface area (Å²) < 4.78 is 11.1. The number of alkyl halides is 1. The van der Waals surface area contributed by atoms with Crippen molar-refractivity contribution in [2.45, 2.75) is 24.3 Å². The minimum Gasteiger partial charge on any atom is -0.484 e. The van der Waals surface area contributed by atoms with Gasteiger partial charge in [0.1, 0.15) is 11.8 Å². The molecule has 5 rings (SSSR count). The first-order valence-corrected chi connectivity index (χ1v) is 11.7. The first kappa shape index (κ1) is 22.9. The Morgan fingerprint density at radius 1 is 1.14 bits per heavy atom. The SMILES string of the molecule is NC(=O)COc1ccc(C2c3[nH]c4c(c3CCN2C(=O)Oc2ccccc2N)=CC(Cl)CC=4)cc1. The smallest absolute Gasteiger partial charge is 0.416 e. The number of amides is 2. The normalized spacial score (nSPS) is 18.5. The number of para-hydroxylation sites is 2. The summed E-state index contributed by atoms with van der Waals surface area (Å²) in [5, 5.41) is 2.05. The average molecular weight is 493 g/mol. The second kappa shape index (κ2) is 9.38. The topological polar surface area (TPSA) is 124 Å². The highest BCUT2D eigenvalue weighted by Gasteiger charge is 2.36. The predicted molar refractivity (Wildman–Crippen MR) is 133 cm³/mol. The van der Waals surface area contributed by atoms with E-state index < -0.39 is 18.0 Å². The van der Waals surface area contributed by atoms with E-state index >= 15 is 0 Å². The van der Waals surface area contributed by atoms with Gasteiger partial charge in [-0.3, -0.25) is 9.69 Å². The number of ether oxygens (including phenoxy) is 2. The van der Waals surface area contributed by atoms with Crippen LogP contribution in [0.4, 0.5) is 10.5 Å². The van der Waals surface area contributed by atoms with Crippen LogP contribution in [0.2, 0.25) is 0 Å².